The summed E-state index contributed by atoms with van der Waals surface area (Å²) in [5, 5.41) is 8.69. The number of rotatable bonds is 9. The Morgan fingerprint density at radius 2 is 1.97 bits per heavy atom. The van der Waals surface area contributed by atoms with Gasteiger partial charge in [0.05, 0.1) is 24.4 Å². The van der Waals surface area contributed by atoms with Crippen LogP contribution in [0.5, 0.6) is 0 Å². The van der Waals surface area contributed by atoms with E-state index in [0.717, 1.165) is 18.5 Å². The summed E-state index contributed by atoms with van der Waals surface area (Å²) in [6.07, 6.45) is -2.11. The van der Waals surface area contributed by atoms with Crippen LogP contribution in [0.15, 0.2) is 30.3 Å². The predicted molar refractivity (Wildman–Crippen MR) is 128 cm³/mol. The number of anilines is 3. The molecule has 3 rings (SSSR count). The topological polar surface area (TPSA) is 114 Å². The van der Waals surface area contributed by atoms with Gasteiger partial charge in [-0.05, 0) is 44.2 Å². The number of halogens is 3. The van der Waals surface area contributed by atoms with Crippen molar-refractivity contribution in [3.8, 4) is 0 Å². The molecule has 1 aromatic heterocycles. The first kappa shape index (κ1) is 25.6. The lowest BCUT2D eigenvalue weighted by molar-refractivity contribution is -0.143. The minimum Gasteiger partial charge on any atom is -0.464 e. The number of nitrogens with two attached hydrogens (primary N) is 1. The Labute approximate surface area is 200 Å². The van der Waals surface area contributed by atoms with Gasteiger partial charge in [0, 0.05) is 11.7 Å². The average molecular weight is 497 g/mol. The van der Waals surface area contributed by atoms with Crippen molar-refractivity contribution < 1.29 is 22.7 Å². The van der Waals surface area contributed by atoms with Gasteiger partial charge in [0.15, 0.2) is 0 Å². The molecule has 34 heavy (non-hydrogen) atoms. The van der Waals surface area contributed by atoms with Crippen LogP contribution in [0, 0.1) is 12.8 Å². The Kier molecular flexibility index (Phi) is 8.61. The number of nitrogens with zero attached hydrogens (tertiary/aromatic N) is 2. The number of thiocarbonyl (C=S) groups is 1. The van der Waals surface area contributed by atoms with E-state index in [0.29, 0.717) is 28.5 Å². The summed E-state index contributed by atoms with van der Waals surface area (Å²) in [4.78, 5) is 20.2. The van der Waals surface area contributed by atoms with Gasteiger partial charge in [-0.1, -0.05) is 30.4 Å². The van der Waals surface area contributed by atoms with Crippen LogP contribution < -0.4 is 21.7 Å². The van der Waals surface area contributed by atoms with E-state index in [1.54, 1.807) is 6.92 Å². The second-order valence-electron chi connectivity index (χ2n) is 8.05. The first-order valence-corrected chi connectivity index (χ1v) is 11.2. The highest BCUT2D eigenvalue weighted by Gasteiger charge is 2.29. The van der Waals surface area contributed by atoms with Crippen LogP contribution in [-0.4, -0.2) is 52.8 Å². The molecule has 0 amide bonds. The summed E-state index contributed by atoms with van der Waals surface area (Å²) in [5.74, 6) is -0.107. The Balaban J connectivity index is 1.79. The van der Waals surface area contributed by atoms with Crippen molar-refractivity contribution in [1.29, 1.82) is 0 Å². The van der Waals surface area contributed by atoms with Crippen LogP contribution in [0.1, 0.15) is 30.5 Å². The second kappa shape index (κ2) is 11.4. The van der Waals surface area contributed by atoms with Crippen LogP contribution >= 0.6 is 12.2 Å². The number of carbonyl (C=O) groups is 1. The van der Waals surface area contributed by atoms with Crippen LogP contribution in [0.3, 0.4) is 0 Å². The maximum absolute atomic E-state index is 12.7. The molecule has 184 valence electrons. The number of ether oxygens (including phenoxy) is 1. The molecule has 1 saturated carbocycles. The molecule has 1 heterocycles. The molecule has 0 spiro atoms. The van der Waals surface area contributed by atoms with Crippen LogP contribution in [-0.2, 0) is 9.53 Å². The van der Waals surface area contributed by atoms with Crippen molar-refractivity contribution >= 4 is 40.6 Å². The summed E-state index contributed by atoms with van der Waals surface area (Å²) in [7, 11) is 0. The Bertz CT molecular complexity index is 1010. The number of hydrogen-bond acceptors (Lipinski definition) is 8. The number of benzene rings is 1. The first-order chi connectivity index (χ1) is 16.1. The SMILES string of the molecule is Cc1nc(NCC(F)(F)F)nc(NC2CCC(COC(=O)CN)C2)c1C(=S)Nc1ccccc1. The maximum Gasteiger partial charge on any atom is 0.405 e. The fourth-order valence-electron chi connectivity index (χ4n) is 3.74. The fraction of sp³-hybridized carbons (Fsp3) is 0.455. The van der Waals surface area contributed by atoms with Crippen LogP contribution in [0.4, 0.5) is 30.6 Å². The zero-order valence-electron chi connectivity index (χ0n) is 18.6. The Morgan fingerprint density at radius 3 is 2.65 bits per heavy atom. The molecule has 5 N–H and O–H groups in total. The predicted octanol–water partition coefficient (Wildman–Crippen LogP) is 3.63. The third kappa shape index (κ3) is 7.52. The number of hydrogen-bond donors (Lipinski definition) is 4. The van der Waals surface area contributed by atoms with Crippen molar-refractivity contribution in [3.63, 3.8) is 0 Å². The highest BCUT2D eigenvalue weighted by Crippen LogP contribution is 2.30. The molecule has 0 bridgehead atoms. The van der Waals surface area contributed by atoms with E-state index < -0.39 is 18.7 Å². The molecule has 0 radical (unpaired) electrons. The van der Waals surface area contributed by atoms with Gasteiger partial charge in [0.25, 0.3) is 0 Å². The molecular formula is C22H27F3N6O2S. The number of esters is 1. The first-order valence-electron chi connectivity index (χ1n) is 10.8. The monoisotopic (exact) mass is 496 g/mol. The fourth-order valence-corrected chi connectivity index (χ4v) is 4.11. The lowest BCUT2D eigenvalue weighted by atomic mass is 10.1. The molecule has 8 nitrogen and oxygen atoms in total. The third-order valence-electron chi connectivity index (χ3n) is 5.32. The lowest BCUT2D eigenvalue weighted by Gasteiger charge is -2.20. The summed E-state index contributed by atoms with van der Waals surface area (Å²) >= 11 is 5.59. The van der Waals surface area contributed by atoms with E-state index in [1.165, 1.54) is 0 Å². The maximum atomic E-state index is 12.7. The molecule has 1 aliphatic carbocycles. The molecular weight excluding hydrogens is 469 g/mol. The van der Waals surface area contributed by atoms with Crippen LogP contribution in [0.25, 0.3) is 0 Å². The molecule has 2 unspecified atom stereocenters. The minimum atomic E-state index is -4.41. The normalized spacial score (nSPS) is 17.8. The van der Waals surface area contributed by atoms with Gasteiger partial charge in [-0.15, -0.1) is 0 Å². The van der Waals surface area contributed by atoms with Gasteiger partial charge in [-0.2, -0.15) is 18.2 Å². The number of carbonyl (C=O) groups excluding carboxylic acids is 1. The number of nitrogens with one attached hydrogen (secondary N) is 3. The standard InChI is InChI=1S/C22H27F3N6O2S/c1-13-18(20(34)30-15-5-3-2-4-6-15)19(31-21(28-13)27-12-22(23,24)25)29-16-8-7-14(9-16)11-33-17(32)10-26/h2-6,14,16H,7-12,26H2,1H3,(H,30,34)(H2,27,28,29,31). The lowest BCUT2D eigenvalue weighted by Crippen LogP contribution is -2.26. The molecule has 1 aliphatic rings. The van der Waals surface area contributed by atoms with E-state index in [-0.39, 0.29) is 31.1 Å². The summed E-state index contributed by atoms with van der Waals surface area (Å²) < 4.78 is 43.3. The molecule has 0 saturated heterocycles. The van der Waals surface area contributed by atoms with Gasteiger partial charge >= 0.3 is 12.1 Å². The summed E-state index contributed by atoms with van der Waals surface area (Å²) in [6, 6.07) is 9.25. The summed E-state index contributed by atoms with van der Waals surface area (Å²) in [6.45, 7) is 0.521. The van der Waals surface area contributed by atoms with E-state index in [4.69, 9.17) is 22.7 Å². The highest BCUT2D eigenvalue weighted by molar-refractivity contribution is 7.81. The van der Waals surface area contributed by atoms with Crippen molar-refractivity contribution in [2.24, 2.45) is 11.7 Å². The zero-order valence-corrected chi connectivity index (χ0v) is 19.4. The average Bonchev–Trinajstić information content (AvgIpc) is 3.23. The van der Waals surface area contributed by atoms with E-state index in [9.17, 15) is 18.0 Å². The molecule has 2 atom stereocenters. The number of alkyl halides is 3. The smallest absolute Gasteiger partial charge is 0.405 e. The molecule has 0 aliphatic heterocycles. The quantitative estimate of drug-likeness (QED) is 0.305. The molecule has 12 heteroatoms. The van der Waals surface area contributed by atoms with Gasteiger partial charge in [-0.3, -0.25) is 4.79 Å². The Hall–Kier alpha value is -2.99. The number of para-hydroxylation sites is 1. The Morgan fingerprint density at radius 1 is 1.24 bits per heavy atom. The van der Waals surface area contributed by atoms with Crippen molar-refractivity contribution in [1.82, 2.24) is 9.97 Å². The highest BCUT2D eigenvalue weighted by atomic mass is 32.1. The van der Waals surface area contributed by atoms with E-state index >= 15 is 0 Å². The molecule has 1 fully saturated rings. The van der Waals surface area contributed by atoms with Gasteiger partial charge in [0.2, 0.25) is 5.95 Å². The van der Waals surface area contributed by atoms with Crippen molar-refractivity contribution in [3.05, 3.63) is 41.6 Å². The summed E-state index contributed by atoms with van der Waals surface area (Å²) in [5.41, 5.74) is 6.98. The minimum absolute atomic E-state index is 0.0235. The van der Waals surface area contributed by atoms with Gasteiger partial charge in [0.1, 0.15) is 17.4 Å². The number of aromatic nitrogens is 2. The largest absolute Gasteiger partial charge is 0.464 e. The zero-order chi connectivity index (χ0) is 24.7. The van der Waals surface area contributed by atoms with Crippen LogP contribution in [0.2, 0.25) is 0 Å². The molecule has 2 aromatic rings. The number of aryl methyl sites for hydroxylation is 1. The third-order valence-corrected chi connectivity index (χ3v) is 5.63. The van der Waals surface area contributed by atoms with Crippen molar-refractivity contribution in [2.45, 2.75) is 38.4 Å². The van der Waals surface area contributed by atoms with E-state index in [2.05, 4.69) is 25.9 Å². The van der Waals surface area contributed by atoms with E-state index in [1.807, 2.05) is 30.3 Å². The van der Waals surface area contributed by atoms with Gasteiger partial charge in [-0.25, -0.2) is 4.98 Å². The molecule has 1 aromatic carbocycles. The second-order valence-corrected chi connectivity index (χ2v) is 8.46. The van der Waals surface area contributed by atoms with Gasteiger partial charge < -0.3 is 26.4 Å². The van der Waals surface area contributed by atoms with Crippen molar-refractivity contribution in [2.75, 3.05) is 35.6 Å².